The molecule has 64 valence electrons. The molecule has 1 aliphatic heterocycles. The normalized spacial score (nSPS) is 22.0. The molecule has 2 amide bonds. The number of alkyl halides is 1. The Bertz CT molecular complexity index is 283. The van der Waals surface area contributed by atoms with Gasteiger partial charge in [0.25, 0.3) is 5.91 Å². The van der Waals surface area contributed by atoms with Gasteiger partial charge >= 0.3 is 0 Å². The fraction of sp³-hybridized carbons (Fsp3) is 0.286. The van der Waals surface area contributed by atoms with Gasteiger partial charge in [-0.15, -0.1) is 0 Å². The number of carbonyl (C=O) groups excluding carboxylic acids is 2. The van der Waals surface area contributed by atoms with Crippen molar-refractivity contribution in [2.75, 3.05) is 0 Å². The van der Waals surface area contributed by atoms with Crippen molar-refractivity contribution in [2.24, 2.45) is 4.99 Å². The zero-order valence-electron chi connectivity index (χ0n) is 6.37. The number of halogens is 1. The first-order valence-electron chi connectivity index (χ1n) is 3.32. The summed E-state index contributed by atoms with van der Waals surface area (Å²) >= 11 is 3.09. The second-order valence-corrected chi connectivity index (χ2v) is 3.26. The first-order chi connectivity index (χ1) is 5.59. The van der Waals surface area contributed by atoms with Gasteiger partial charge in [0.15, 0.2) is 0 Å². The highest BCUT2D eigenvalue weighted by Crippen LogP contribution is 2.08. The summed E-state index contributed by atoms with van der Waals surface area (Å²) in [7, 11) is 0. The van der Waals surface area contributed by atoms with Crippen molar-refractivity contribution in [3.8, 4) is 0 Å². The van der Waals surface area contributed by atoms with Crippen LogP contribution >= 0.6 is 15.9 Å². The van der Waals surface area contributed by atoms with Gasteiger partial charge in [0, 0.05) is 6.92 Å². The summed E-state index contributed by atoms with van der Waals surface area (Å²) in [6.07, 6.45) is 3.21. The smallest absolute Gasteiger partial charge is 0.265 e. The van der Waals surface area contributed by atoms with Gasteiger partial charge < -0.3 is 5.32 Å². The van der Waals surface area contributed by atoms with Crippen LogP contribution in [-0.4, -0.2) is 22.5 Å². The van der Waals surface area contributed by atoms with Gasteiger partial charge in [-0.1, -0.05) is 22.0 Å². The lowest BCUT2D eigenvalue weighted by Gasteiger charge is -2.07. The Morgan fingerprint density at radius 1 is 1.75 bits per heavy atom. The second-order valence-electron chi connectivity index (χ2n) is 2.28. The van der Waals surface area contributed by atoms with E-state index in [2.05, 4.69) is 26.2 Å². The molecule has 0 spiro atoms. The van der Waals surface area contributed by atoms with E-state index in [9.17, 15) is 9.59 Å². The molecule has 5 heteroatoms. The molecule has 1 aliphatic rings. The van der Waals surface area contributed by atoms with Crippen LogP contribution in [0.5, 0.6) is 0 Å². The van der Waals surface area contributed by atoms with Gasteiger partial charge in [0.1, 0.15) is 10.7 Å². The minimum Gasteiger partial charge on any atom is -0.311 e. The molecule has 0 saturated carbocycles. The largest absolute Gasteiger partial charge is 0.311 e. The Hall–Kier alpha value is -0.970. The summed E-state index contributed by atoms with van der Waals surface area (Å²) in [4.78, 5) is 24.8. The predicted octanol–water partition coefficient (Wildman–Crippen LogP) is 0.381. The number of hydrogen-bond acceptors (Lipinski definition) is 2. The van der Waals surface area contributed by atoms with Crippen LogP contribution in [0.3, 0.4) is 0 Å². The van der Waals surface area contributed by atoms with Gasteiger partial charge in [-0.25, -0.2) is 0 Å². The second kappa shape index (κ2) is 3.62. The molecule has 0 saturated heterocycles. The highest BCUT2D eigenvalue weighted by Gasteiger charge is 2.15. The van der Waals surface area contributed by atoms with Crippen LogP contribution in [-0.2, 0) is 9.59 Å². The third-order valence-corrected chi connectivity index (χ3v) is 1.89. The summed E-state index contributed by atoms with van der Waals surface area (Å²) in [6, 6.07) is 0. The number of dihydropyridines is 1. The number of hydrogen-bond donors (Lipinski definition) is 1. The maximum Gasteiger partial charge on any atom is 0.265 e. The van der Waals surface area contributed by atoms with E-state index in [4.69, 9.17) is 0 Å². The molecule has 1 rings (SSSR count). The fourth-order valence-electron chi connectivity index (χ4n) is 0.726. The first-order valence-corrected chi connectivity index (χ1v) is 4.23. The van der Waals surface area contributed by atoms with Crippen LogP contribution in [0.1, 0.15) is 6.92 Å². The lowest BCUT2D eigenvalue weighted by molar-refractivity contribution is -0.117. The van der Waals surface area contributed by atoms with Crippen LogP contribution in [0.4, 0.5) is 0 Å². The van der Waals surface area contributed by atoms with Crippen LogP contribution in [0.25, 0.3) is 0 Å². The molecular weight excluding hydrogens is 224 g/mol. The number of nitrogens with one attached hydrogen (secondary N) is 1. The van der Waals surface area contributed by atoms with Crippen LogP contribution in [0.2, 0.25) is 0 Å². The van der Waals surface area contributed by atoms with Crippen molar-refractivity contribution in [1.82, 2.24) is 5.32 Å². The Kier molecular flexibility index (Phi) is 2.75. The molecule has 0 fully saturated rings. The summed E-state index contributed by atoms with van der Waals surface area (Å²) in [5, 5.41) is 2.42. The third-order valence-electron chi connectivity index (χ3n) is 1.19. The quantitative estimate of drug-likeness (QED) is 0.612. The van der Waals surface area contributed by atoms with E-state index in [-0.39, 0.29) is 16.6 Å². The number of amides is 2. The van der Waals surface area contributed by atoms with Gasteiger partial charge in [-0.2, -0.15) is 4.99 Å². The van der Waals surface area contributed by atoms with Crippen LogP contribution in [0, 0.1) is 0 Å². The Balaban J connectivity index is 2.70. The van der Waals surface area contributed by atoms with Crippen molar-refractivity contribution in [2.45, 2.75) is 11.8 Å². The van der Waals surface area contributed by atoms with Crippen molar-refractivity contribution >= 4 is 33.6 Å². The minimum atomic E-state index is -0.366. The van der Waals surface area contributed by atoms with E-state index >= 15 is 0 Å². The minimum absolute atomic E-state index is 0.237. The van der Waals surface area contributed by atoms with Crippen LogP contribution < -0.4 is 5.32 Å². The number of amidine groups is 1. The fourth-order valence-corrected chi connectivity index (χ4v) is 0.981. The molecule has 0 aliphatic carbocycles. The van der Waals surface area contributed by atoms with Gasteiger partial charge in [0.2, 0.25) is 5.91 Å². The molecule has 0 radical (unpaired) electrons. The highest BCUT2D eigenvalue weighted by molar-refractivity contribution is 9.10. The Morgan fingerprint density at radius 3 is 2.92 bits per heavy atom. The van der Waals surface area contributed by atoms with E-state index in [1.165, 1.54) is 6.92 Å². The molecular formula is C7H7BrN2O2. The lowest BCUT2D eigenvalue weighted by Crippen LogP contribution is -2.30. The Labute approximate surface area is 77.9 Å². The molecule has 1 heterocycles. The van der Waals surface area contributed by atoms with Crippen LogP contribution in [0.15, 0.2) is 17.1 Å². The molecule has 12 heavy (non-hydrogen) atoms. The maximum atomic E-state index is 10.9. The topological polar surface area (TPSA) is 58.5 Å². The molecule has 0 aromatic rings. The van der Waals surface area contributed by atoms with E-state index in [0.717, 1.165) is 0 Å². The lowest BCUT2D eigenvalue weighted by atomic mass is 10.3. The maximum absolute atomic E-state index is 10.9. The summed E-state index contributed by atoms with van der Waals surface area (Å²) < 4.78 is 0. The monoisotopic (exact) mass is 230 g/mol. The van der Waals surface area contributed by atoms with Crippen molar-refractivity contribution in [1.29, 1.82) is 0 Å². The summed E-state index contributed by atoms with van der Waals surface area (Å²) in [6.45, 7) is 1.36. The van der Waals surface area contributed by atoms with Gasteiger partial charge in [-0.3, -0.25) is 9.59 Å². The zero-order valence-corrected chi connectivity index (χ0v) is 7.96. The van der Waals surface area contributed by atoms with E-state index in [1.54, 1.807) is 12.2 Å². The molecule has 0 aromatic heterocycles. The predicted molar refractivity (Wildman–Crippen MR) is 48.1 cm³/mol. The average molecular weight is 231 g/mol. The zero-order chi connectivity index (χ0) is 9.14. The van der Waals surface area contributed by atoms with E-state index in [1.807, 2.05) is 0 Å². The van der Waals surface area contributed by atoms with Crippen molar-refractivity contribution < 1.29 is 9.59 Å². The number of aliphatic imine (C=N–C) groups is 1. The highest BCUT2D eigenvalue weighted by atomic mass is 79.9. The number of carbonyl (C=O) groups is 2. The van der Waals surface area contributed by atoms with E-state index in [0.29, 0.717) is 5.84 Å². The Morgan fingerprint density at radius 2 is 2.42 bits per heavy atom. The number of rotatable bonds is 0. The molecule has 4 nitrogen and oxygen atoms in total. The molecule has 0 aromatic carbocycles. The molecule has 0 bridgehead atoms. The van der Waals surface area contributed by atoms with Gasteiger partial charge in [0.05, 0.1) is 0 Å². The summed E-state index contributed by atoms with van der Waals surface area (Å²) in [5.41, 5.74) is 0. The standard InChI is InChI=1S/C7H7BrN2O2/c1-4(11)9-6-3-2-5(8)7(12)10-6/h2-3,5H,1H3,(H,9,10,11,12). The third kappa shape index (κ3) is 2.27. The molecule has 1 atom stereocenters. The van der Waals surface area contributed by atoms with Gasteiger partial charge in [-0.05, 0) is 6.08 Å². The molecule has 1 unspecified atom stereocenters. The van der Waals surface area contributed by atoms with Crippen molar-refractivity contribution in [3.05, 3.63) is 12.2 Å². The number of nitrogens with zero attached hydrogens (tertiary/aromatic N) is 1. The SMILES string of the molecule is CC(=O)NC1=NC(=O)C(Br)C=C1. The molecule has 1 N–H and O–H groups in total. The average Bonchev–Trinajstić information content (AvgIpc) is 1.96. The first kappa shape index (κ1) is 9.12. The van der Waals surface area contributed by atoms with E-state index < -0.39 is 0 Å². The summed E-state index contributed by atoms with van der Waals surface area (Å²) in [5.74, 6) is -0.247. The van der Waals surface area contributed by atoms with Crippen molar-refractivity contribution in [3.63, 3.8) is 0 Å².